The highest BCUT2D eigenvalue weighted by atomic mass is 16.3. The first-order valence-electron chi connectivity index (χ1n) is 10.1. The van der Waals surface area contributed by atoms with Crippen molar-refractivity contribution in [1.82, 2.24) is 0 Å². The van der Waals surface area contributed by atoms with Gasteiger partial charge in [0.1, 0.15) is 0 Å². The zero-order valence-electron chi connectivity index (χ0n) is 20.7. The van der Waals surface area contributed by atoms with Gasteiger partial charge >= 0.3 is 0 Å². The lowest BCUT2D eigenvalue weighted by Crippen LogP contribution is -2.35. The third-order valence-corrected chi connectivity index (χ3v) is 2.40. The van der Waals surface area contributed by atoms with Gasteiger partial charge < -0.3 is 40.9 Å². The summed E-state index contributed by atoms with van der Waals surface area (Å²) < 4.78 is 0. The molecule has 4 unspecified atom stereocenters. The maximum absolute atomic E-state index is 8.47. The molecule has 2 saturated carbocycles. The van der Waals surface area contributed by atoms with Crippen LogP contribution in [-0.4, -0.2) is 93.7 Å². The summed E-state index contributed by atoms with van der Waals surface area (Å²) in [7, 11) is 4.00. The van der Waals surface area contributed by atoms with E-state index in [1.807, 2.05) is 55.4 Å². The summed E-state index contributed by atoms with van der Waals surface area (Å²) in [6, 6.07) is 0. The lowest BCUT2D eigenvalue weighted by Gasteiger charge is -2.26. The molecule has 8 nitrogen and oxygen atoms in total. The van der Waals surface area contributed by atoms with Crippen LogP contribution >= 0.6 is 0 Å². The summed E-state index contributed by atoms with van der Waals surface area (Å²) in [6.45, 7) is 16.0. The number of rotatable bonds is 0. The van der Waals surface area contributed by atoms with E-state index in [1.54, 1.807) is 0 Å². The third kappa shape index (κ3) is 63.0. The van der Waals surface area contributed by atoms with E-state index in [9.17, 15) is 0 Å². The van der Waals surface area contributed by atoms with Crippen molar-refractivity contribution in [1.29, 1.82) is 0 Å². The molecule has 0 amide bonds. The third-order valence-electron chi connectivity index (χ3n) is 2.40. The molecule has 2 rings (SSSR count). The molecule has 0 radical (unpaired) electrons. The average molecular weight is 465 g/mol. The van der Waals surface area contributed by atoms with Crippen LogP contribution in [0.2, 0.25) is 0 Å². The number of hydrogen-bond acceptors (Lipinski definition) is 8. The van der Waals surface area contributed by atoms with Gasteiger partial charge in [0.05, 0.1) is 24.4 Å². The average Bonchev–Trinajstić information content (AvgIpc) is 2.87. The Bertz CT molecular complexity index is 132. The molecule has 0 saturated heterocycles. The highest BCUT2D eigenvalue weighted by Crippen LogP contribution is 2.18. The summed E-state index contributed by atoms with van der Waals surface area (Å²) in [5.41, 5.74) is 0. The molecule has 2 aliphatic carbocycles. The molecule has 0 heterocycles. The Morgan fingerprint density at radius 3 is 0.433 bits per heavy atom. The molecule has 8 N–H and O–H groups in total. The summed E-state index contributed by atoms with van der Waals surface area (Å²) in [5, 5.41) is 61.9. The molecule has 0 spiro atoms. The quantitative estimate of drug-likeness (QED) is 0.271. The van der Waals surface area contributed by atoms with Crippen molar-refractivity contribution >= 4 is 0 Å². The van der Waals surface area contributed by atoms with Gasteiger partial charge in [0.15, 0.2) is 0 Å². The predicted octanol–water partition coefficient (Wildman–Crippen LogP) is 3.31. The molecule has 30 heavy (non-hydrogen) atoms. The van der Waals surface area contributed by atoms with Gasteiger partial charge in [-0.2, -0.15) is 0 Å². The SMILES string of the molecule is C.C.CC.CC.CC.CC.CO.CO.CO.CO.OC1CCC1O.OC1CCC1O.[3HH].[3HH]. The smallest absolute Gasteiger partial charge is 0.0800 e. The minimum Gasteiger partial charge on any atom is -0.400 e. The van der Waals surface area contributed by atoms with E-state index >= 15 is 0 Å². The molecular weight excluding hydrogens is 392 g/mol. The second-order valence-corrected chi connectivity index (χ2v) is 3.42. The van der Waals surface area contributed by atoms with E-state index in [-0.39, 0.29) is 17.7 Å². The zero-order valence-corrected chi connectivity index (χ0v) is 20.7. The van der Waals surface area contributed by atoms with Crippen LogP contribution in [0.3, 0.4) is 0 Å². The summed E-state index contributed by atoms with van der Waals surface area (Å²) in [5.74, 6) is 0. The van der Waals surface area contributed by atoms with Gasteiger partial charge in [0.2, 0.25) is 0 Å². The van der Waals surface area contributed by atoms with Crippen LogP contribution < -0.4 is 0 Å². The normalized spacial score (nSPS) is 19.6. The lowest BCUT2D eigenvalue weighted by atomic mass is 9.93. The molecule has 2 aliphatic rings. The van der Waals surface area contributed by atoms with Crippen LogP contribution in [0.1, 0.15) is 98.8 Å². The topological polar surface area (TPSA) is 162 Å². The van der Waals surface area contributed by atoms with Crippen molar-refractivity contribution in [3.63, 3.8) is 0 Å². The Morgan fingerprint density at radius 1 is 0.367 bits per heavy atom. The first-order chi connectivity index (χ1) is 13.6. The minimum absolute atomic E-state index is 0. The van der Waals surface area contributed by atoms with Gasteiger partial charge in [-0.1, -0.05) is 70.2 Å². The molecule has 0 aliphatic heterocycles. The Kier molecular flexibility index (Phi) is 188. The van der Waals surface area contributed by atoms with Crippen molar-refractivity contribution in [2.24, 2.45) is 0 Å². The number of aliphatic hydroxyl groups excluding tert-OH is 8. The van der Waals surface area contributed by atoms with Crippen LogP contribution in [0, 0.1) is 0 Å². The van der Waals surface area contributed by atoms with Gasteiger partial charge in [0.25, 0.3) is 0 Å². The molecule has 0 bridgehead atoms. The van der Waals surface area contributed by atoms with E-state index in [0.29, 0.717) is 0 Å². The van der Waals surface area contributed by atoms with Crippen LogP contribution in [0.25, 0.3) is 0 Å². The van der Waals surface area contributed by atoms with E-state index in [2.05, 4.69) is 0 Å². The standard InChI is InChI=1S/2C4H8O2.4C2H6.4CH4O.2CH4.2H2/c2*5-3-1-2-4(3)6;8*1-2;;;;/h2*3-6H,1-2H2;4*1-2H3;4*2H,1H3;2*1H4;2*1H/i;;;;;;;;;;;;2*1+2. The second kappa shape index (κ2) is 89.4. The fourth-order valence-electron chi connectivity index (χ4n) is 0.930. The van der Waals surface area contributed by atoms with Gasteiger partial charge in [-0.25, -0.2) is 0 Å². The zero-order chi connectivity index (χ0) is 25.1. The van der Waals surface area contributed by atoms with Gasteiger partial charge in [-0.05, 0) is 25.7 Å². The first kappa shape index (κ1) is 63.0. The second-order valence-electron chi connectivity index (χ2n) is 3.42. The van der Waals surface area contributed by atoms with Gasteiger partial charge in [-0.3, -0.25) is 0 Å². The molecule has 204 valence electrons. The predicted molar refractivity (Wildman–Crippen MR) is 138 cm³/mol. The Morgan fingerprint density at radius 2 is 0.433 bits per heavy atom. The van der Waals surface area contributed by atoms with E-state index < -0.39 is 24.4 Å². The molecular formula is C22H68O8. The van der Waals surface area contributed by atoms with E-state index in [4.69, 9.17) is 40.9 Å². The van der Waals surface area contributed by atoms with Gasteiger partial charge in [0, 0.05) is 31.3 Å². The number of hydrogen-bond donors (Lipinski definition) is 8. The van der Waals surface area contributed by atoms with Crippen LogP contribution in [0.4, 0.5) is 0 Å². The van der Waals surface area contributed by atoms with Crippen LogP contribution in [0.15, 0.2) is 0 Å². The van der Waals surface area contributed by atoms with Gasteiger partial charge in [-0.15, -0.1) is 0 Å². The highest BCUT2D eigenvalue weighted by Gasteiger charge is 2.25. The van der Waals surface area contributed by atoms with E-state index in [1.165, 1.54) is 0 Å². The fraction of sp³-hybridized carbons (Fsp3) is 1.00. The minimum atomic E-state index is -0.412. The van der Waals surface area contributed by atoms with Crippen molar-refractivity contribution < 1.29 is 43.7 Å². The number of aliphatic hydroxyl groups is 8. The van der Waals surface area contributed by atoms with Crippen molar-refractivity contribution in [3.8, 4) is 0 Å². The molecule has 4 atom stereocenters. The summed E-state index contributed by atoms with van der Waals surface area (Å²) in [6.07, 6.45) is 1.47. The molecule has 8 heteroatoms. The Labute approximate surface area is 193 Å². The highest BCUT2D eigenvalue weighted by molar-refractivity contribution is 4.78. The largest absolute Gasteiger partial charge is 0.400 e. The van der Waals surface area contributed by atoms with Crippen LogP contribution in [0.5, 0.6) is 0 Å². The molecule has 0 aromatic carbocycles. The molecule has 2 fully saturated rings. The summed E-state index contributed by atoms with van der Waals surface area (Å²) >= 11 is 0. The fourth-order valence-corrected chi connectivity index (χ4v) is 0.930. The Balaban J connectivity index is -0.0000000146. The lowest BCUT2D eigenvalue weighted by molar-refractivity contribution is -0.0519. The van der Waals surface area contributed by atoms with Crippen molar-refractivity contribution in [3.05, 3.63) is 0 Å². The monoisotopic (exact) mass is 465 g/mol. The maximum atomic E-state index is 8.47. The molecule has 0 aromatic heterocycles. The summed E-state index contributed by atoms with van der Waals surface area (Å²) in [4.78, 5) is 0. The van der Waals surface area contributed by atoms with Crippen molar-refractivity contribution in [2.45, 2.75) is 120 Å². The molecule has 0 aromatic rings. The Hall–Kier alpha value is -0.320. The first-order valence-corrected chi connectivity index (χ1v) is 10.1. The van der Waals surface area contributed by atoms with E-state index in [0.717, 1.165) is 54.1 Å². The maximum Gasteiger partial charge on any atom is 0.0800 e. The van der Waals surface area contributed by atoms with Crippen molar-refractivity contribution in [2.75, 3.05) is 28.4 Å². The van der Waals surface area contributed by atoms with Crippen LogP contribution in [-0.2, 0) is 0 Å².